The third kappa shape index (κ3) is 12.9. The second-order valence-electron chi connectivity index (χ2n) is 9.28. The van der Waals surface area contributed by atoms with Gasteiger partial charge in [0.25, 0.3) is 0 Å². The van der Waals surface area contributed by atoms with Crippen molar-refractivity contribution in [2.75, 3.05) is 32.8 Å². The fourth-order valence-electron chi connectivity index (χ4n) is 4.04. The van der Waals surface area contributed by atoms with Crippen LogP contribution in [0.15, 0.2) is 42.5 Å². The van der Waals surface area contributed by atoms with E-state index in [1.807, 2.05) is 19.1 Å². The number of aliphatic hydroxyl groups is 2. The van der Waals surface area contributed by atoms with Gasteiger partial charge in [0.2, 0.25) is 0 Å². The highest BCUT2D eigenvalue weighted by Gasteiger charge is 2.10. The second kappa shape index (κ2) is 18.6. The second-order valence-corrected chi connectivity index (χ2v) is 9.28. The van der Waals surface area contributed by atoms with E-state index in [1.165, 1.54) is 11.6 Å². The summed E-state index contributed by atoms with van der Waals surface area (Å²) in [6.45, 7) is 5.66. The highest BCUT2D eigenvalue weighted by Crippen LogP contribution is 2.22. The minimum Gasteiger partial charge on any atom is -0.508 e. The quantitative estimate of drug-likeness (QED) is 0.158. The summed E-state index contributed by atoms with van der Waals surface area (Å²) in [6.07, 6.45) is 6.80. The first-order chi connectivity index (χ1) is 18.0. The molecule has 0 heterocycles. The topological polar surface area (TPSA) is 123 Å². The third-order valence-corrected chi connectivity index (χ3v) is 6.17. The molecule has 8 heteroatoms. The Kier molecular flexibility index (Phi) is 15.3. The number of hydrogen-bond donors (Lipinski definition) is 6. The van der Waals surface area contributed by atoms with Crippen LogP contribution in [0.3, 0.4) is 0 Å². The molecule has 0 radical (unpaired) electrons. The number of carbonyl (C=O) groups excluding carboxylic acids is 1. The van der Waals surface area contributed by atoms with E-state index in [2.05, 4.69) is 28.1 Å². The van der Waals surface area contributed by atoms with Gasteiger partial charge in [-0.25, -0.2) is 4.79 Å². The predicted molar refractivity (Wildman–Crippen MR) is 146 cm³/mol. The van der Waals surface area contributed by atoms with Crippen LogP contribution in [0.1, 0.15) is 73.8 Å². The molecule has 0 spiro atoms. The van der Waals surface area contributed by atoms with Crippen molar-refractivity contribution in [1.82, 2.24) is 16.0 Å². The number of phenols is 1. The molecule has 6 N–H and O–H groups in total. The lowest BCUT2D eigenvalue weighted by molar-refractivity contribution is 0.126. The van der Waals surface area contributed by atoms with E-state index in [1.54, 1.807) is 12.1 Å². The van der Waals surface area contributed by atoms with Crippen molar-refractivity contribution < 1.29 is 24.9 Å². The normalized spacial score (nSPS) is 11.9. The van der Waals surface area contributed by atoms with Gasteiger partial charge in [-0.2, -0.15) is 0 Å². The highest BCUT2D eigenvalue weighted by atomic mass is 16.5. The molecule has 0 aliphatic rings. The molecule has 0 aromatic heterocycles. The molecule has 2 amide bonds. The van der Waals surface area contributed by atoms with Crippen LogP contribution in [0, 0.1) is 0 Å². The molecule has 0 bridgehead atoms. The predicted octanol–water partition coefficient (Wildman–Crippen LogP) is 3.93. The lowest BCUT2D eigenvalue weighted by Gasteiger charge is -2.14. The van der Waals surface area contributed by atoms with Crippen LogP contribution < -0.4 is 16.0 Å². The number of aryl methyl sites for hydroxylation is 1. The number of hydrogen-bond acceptors (Lipinski definition) is 6. The summed E-state index contributed by atoms with van der Waals surface area (Å²) < 4.78 is 5.78. The Morgan fingerprint density at radius 2 is 1.70 bits per heavy atom. The molecule has 37 heavy (non-hydrogen) atoms. The Morgan fingerprint density at radius 3 is 2.49 bits per heavy atom. The highest BCUT2D eigenvalue weighted by molar-refractivity contribution is 5.73. The van der Waals surface area contributed by atoms with Gasteiger partial charge in [-0.15, -0.1) is 0 Å². The summed E-state index contributed by atoms with van der Waals surface area (Å²) in [5.41, 5.74) is 3.51. The summed E-state index contributed by atoms with van der Waals surface area (Å²) in [5.74, 6) is 0.0428. The van der Waals surface area contributed by atoms with Crippen molar-refractivity contribution in [3.63, 3.8) is 0 Å². The van der Waals surface area contributed by atoms with E-state index >= 15 is 0 Å². The smallest absolute Gasteiger partial charge is 0.315 e. The molecule has 0 saturated carbocycles. The molecule has 2 rings (SSSR count). The van der Waals surface area contributed by atoms with Gasteiger partial charge < -0.3 is 36.0 Å². The summed E-state index contributed by atoms with van der Waals surface area (Å²) in [7, 11) is 0. The average molecular weight is 516 g/mol. The van der Waals surface area contributed by atoms with Gasteiger partial charge >= 0.3 is 6.03 Å². The van der Waals surface area contributed by atoms with Crippen molar-refractivity contribution in [1.29, 1.82) is 0 Å². The summed E-state index contributed by atoms with van der Waals surface area (Å²) in [6, 6.07) is 13.0. The number of nitrogens with one attached hydrogen (secondary N) is 3. The number of aliphatic hydroxyl groups excluding tert-OH is 2. The maximum absolute atomic E-state index is 11.5. The number of benzene rings is 2. The first kappa shape index (κ1) is 30.6. The molecule has 0 aliphatic heterocycles. The van der Waals surface area contributed by atoms with Gasteiger partial charge in [-0.3, -0.25) is 0 Å². The van der Waals surface area contributed by atoms with Crippen molar-refractivity contribution in [2.24, 2.45) is 0 Å². The minimum atomic E-state index is -0.668. The molecule has 206 valence electrons. The van der Waals surface area contributed by atoms with Crippen molar-refractivity contribution >= 4 is 6.03 Å². The van der Waals surface area contributed by atoms with Gasteiger partial charge in [0.15, 0.2) is 0 Å². The van der Waals surface area contributed by atoms with Gasteiger partial charge in [0, 0.05) is 38.4 Å². The first-order valence-corrected chi connectivity index (χ1v) is 13.5. The zero-order valence-corrected chi connectivity index (χ0v) is 22.2. The molecule has 0 saturated heterocycles. The Morgan fingerprint density at radius 1 is 0.946 bits per heavy atom. The van der Waals surface area contributed by atoms with E-state index in [-0.39, 0.29) is 18.4 Å². The number of ether oxygens (including phenoxy) is 1. The molecule has 0 unspecified atom stereocenters. The lowest BCUT2D eigenvalue weighted by atomic mass is 10.1. The largest absolute Gasteiger partial charge is 0.508 e. The molecular formula is C29H45N3O5. The van der Waals surface area contributed by atoms with Crippen molar-refractivity contribution in [2.45, 2.75) is 71.1 Å². The first-order valence-electron chi connectivity index (χ1n) is 13.5. The van der Waals surface area contributed by atoms with E-state index in [0.29, 0.717) is 30.8 Å². The van der Waals surface area contributed by atoms with Crippen LogP contribution in [-0.4, -0.2) is 54.2 Å². The van der Waals surface area contributed by atoms with Crippen LogP contribution in [0.25, 0.3) is 0 Å². The molecule has 0 fully saturated rings. The Balaban J connectivity index is 1.42. The van der Waals surface area contributed by atoms with Crippen molar-refractivity contribution in [3.8, 4) is 5.75 Å². The number of urea groups is 1. The van der Waals surface area contributed by atoms with Crippen LogP contribution in [0.4, 0.5) is 4.79 Å². The SMILES string of the molecule is CCNC(=O)NCc1cccc(CCCCOCCCCCCNC[C@H](O)c2ccc(O)c(CO)c2)c1. The molecule has 2 aromatic carbocycles. The van der Waals surface area contributed by atoms with E-state index in [9.17, 15) is 20.1 Å². The van der Waals surface area contributed by atoms with E-state index < -0.39 is 6.10 Å². The lowest BCUT2D eigenvalue weighted by Crippen LogP contribution is -2.34. The fourth-order valence-corrected chi connectivity index (χ4v) is 4.04. The molecule has 8 nitrogen and oxygen atoms in total. The number of carbonyl (C=O) groups is 1. The van der Waals surface area contributed by atoms with Gasteiger partial charge in [0.05, 0.1) is 12.7 Å². The zero-order valence-electron chi connectivity index (χ0n) is 22.2. The number of rotatable bonds is 19. The standard InChI is InChI=1S/C29H45N3O5/c1-2-31-29(36)32-20-24-12-9-11-23(18-24)10-5-8-17-37-16-7-4-3-6-15-30-21-28(35)25-13-14-27(34)26(19-25)22-33/h9,11-14,18-19,28,30,33-35H,2-8,10,15-17,20-22H2,1H3,(H2,31,32,36)/t28-/m0/s1. The number of amides is 2. The van der Waals surface area contributed by atoms with Crippen LogP contribution in [0.5, 0.6) is 5.75 Å². The summed E-state index contributed by atoms with van der Waals surface area (Å²) in [5, 5.41) is 38.0. The van der Waals surface area contributed by atoms with Crippen LogP contribution >= 0.6 is 0 Å². The molecule has 0 aliphatic carbocycles. The van der Waals surface area contributed by atoms with Crippen molar-refractivity contribution in [3.05, 3.63) is 64.7 Å². The van der Waals surface area contributed by atoms with Crippen LogP contribution in [-0.2, 0) is 24.3 Å². The molecular weight excluding hydrogens is 470 g/mol. The average Bonchev–Trinajstić information content (AvgIpc) is 2.90. The number of aromatic hydroxyl groups is 1. The maximum atomic E-state index is 11.5. The van der Waals surface area contributed by atoms with Crippen LogP contribution in [0.2, 0.25) is 0 Å². The molecule has 1 atom stereocenters. The van der Waals surface area contributed by atoms with E-state index in [0.717, 1.165) is 70.3 Å². The van der Waals surface area contributed by atoms with E-state index in [4.69, 9.17) is 4.74 Å². The Bertz CT molecular complexity index is 909. The zero-order chi connectivity index (χ0) is 26.7. The summed E-state index contributed by atoms with van der Waals surface area (Å²) >= 11 is 0. The monoisotopic (exact) mass is 515 g/mol. The Hall–Kier alpha value is -2.65. The maximum Gasteiger partial charge on any atom is 0.315 e. The van der Waals surface area contributed by atoms with Gasteiger partial charge in [-0.1, -0.05) is 43.2 Å². The van der Waals surface area contributed by atoms with Gasteiger partial charge in [0.1, 0.15) is 5.75 Å². The molecule has 2 aromatic rings. The van der Waals surface area contributed by atoms with Gasteiger partial charge in [-0.05, 0) is 74.4 Å². The number of unbranched alkanes of at least 4 members (excludes halogenated alkanes) is 4. The fraction of sp³-hybridized carbons (Fsp3) is 0.552. The minimum absolute atomic E-state index is 0.0428. The third-order valence-electron chi connectivity index (χ3n) is 6.17. The Labute approximate surface area is 221 Å². The summed E-state index contributed by atoms with van der Waals surface area (Å²) in [4.78, 5) is 11.5.